The maximum atomic E-state index is 4.91. The number of rotatable bonds is 2. The number of nitrogens with zero attached hydrogens (tertiary/aromatic N) is 1. The maximum Gasteiger partial charge on any atom is 0.0974 e. The van der Waals surface area contributed by atoms with Crippen molar-refractivity contribution in [2.24, 2.45) is 0 Å². The molecular formula is C9H8N2O. The zero-order valence-corrected chi connectivity index (χ0v) is 6.40. The van der Waals surface area contributed by atoms with Gasteiger partial charge < -0.3 is 9.40 Å². The highest BCUT2D eigenvalue weighted by molar-refractivity contribution is 5.66. The summed E-state index contributed by atoms with van der Waals surface area (Å²) >= 11 is 0. The van der Waals surface area contributed by atoms with E-state index in [1.54, 1.807) is 25.1 Å². The van der Waals surface area contributed by atoms with Crippen LogP contribution in [-0.2, 0) is 0 Å². The van der Waals surface area contributed by atoms with Gasteiger partial charge in [0.15, 0.2) is 0 Å². The molecule has 0 saturated heterocycles. The van der Waals surface area contributed by atoms with Crippen LogP contribution in [-0.4, -0.2) is 9.97 Å². The van der Waals surface area contributed by atoms with Crippen molar-refractivity contribution < 1.29 is 4.42 Å². The molecule has 2 aromatic heterocycles. The first-order valence-electron chi connectivity index (χ1n) is 3.64. The second-order valence-corrected chi connectivity index (χ2v) is 2.40. The number of nitrogens with one attached hydrogen (secondary N) is 1. The molecule has 0 aliphatic carbocycles. The minimum atomic E-state index is 0.983. The van der Waals surface area contributed by atoms with Crippen molar-refractivity contribution in [1.29, 1.82) is 0 Å². The van der Waals surface area contributed by atoms with Gasteiger partial charge in [-0.05, 0) is 18.2 Å². The molecular weight excluding hydrogens is 152 g/mol. The van der Waals surface area contributed by atoms with E-state index in [1.807, 2.05) is 18.2 Å². The highest BCUT2D eigenvalue weighted by Gasteiger charge is 1.87. The number of hydrogen-bond donors (Lipinski definition) is 1. The summed E-state index contributed by atoms with van der Waals surface area (Å²) in [6.07, 6.45) is 10.6. The van der Waals surface area contributed by atoms with Crippen LogP contribution in [0.4, 0.5) is 0 Å². The molecule has 0 aliphatic rings. The molecule has 3 heteroatoms. The third kappa shape index (κ3) is 1.45. The molecule has 0 atom stereocenters. The second kappa shape index (κ2) is 3.09. The maximum absolute atomic E-state index is 4.91. The molecule has 3 nitrogen and oxygen atoms in total. The molecule has 60 valence electrons. The Bertz CT molecular complexity index is 310. The van der Waals surface area contributed by atoms with Gasteiger partial charge in [0, 0.05) is 5.56 Å². The molecule has 0 amide bonds. The van der Waals surface area contributed by atoms with E-state index in [9.17, 15) is 0 Å². The minimum Gasteiger partial charge on any atom is -0.472 e. The van der Waals surface area contributed by atoms with Gasteiger partial charge in [0.25, 0.3) is 0 Å². The number of imidazole rings is 1. The lowest BCUT2D eigenvalue weighted by molar-refractivity contribution is 0.567. The van der Waals surface area contributed by atoms with Crippen molar-refractivity contribution in [3.8, 4) is 0 Å². The number of hydrogen-bond acceptors (Lipinski definition) is 2. The molecule has 2 aromatic rings. The van der Waals surface area contributed by atoms with E-state index >= 15 is 0 Å². The summed E-state index contributed by atoms with van der Waals surface area (Å²) in [4.78, 5) is 6.86. The molecule has 12 heavy (non-hydrogen) atoms. The Hall–Kier alpha value is -1.77. The van der Waals surface area contributed by atoms with E-state index in [2.05, 4.69) is 9.97 Å². The first kappa shape index (κ1) is 6.91. The van der Waals surface area contributed by atoms with Crippen LogP contribution in [0, 0.1) is 0 Å². The third-order valence-corrected chi connectivity index (χ3v) is 1.52. The zero-order valence-electron chi connectivity index (χ0n) is 6.40. The van der Waals surface area contributed by atoms with Gasteiger partial charge in [0.1, 0.15) is 0 Å². The molecule has 0 saturated carbocycles. The predicted octanol–water partition coefficient (Wildman–Crippen LogP) is 2.17. The number of H-pyrrole nitrogens is 1. The highest BCUT2D eigenvalue weighted by atomic mass is 16.3. The Labute approximate surface area is 69.8 Å². The first-order valence-corrected chi connectivity index (χ1v) is 3.64. The van der Waals surface area contributed by atoms with Crippen molar-refractivity contribution in [3.63, 3.8) is 0 Å². The summed E-state index contributed by atoms with van der Waals surface area (Å²) < 4.78 is 4.91. The van der Waals surface area contributed by atoms with Gasteiger partial charge in [0.2, 0.25) is 0 Å². The van der Waals surface area contributed by atoms with E-state index in [4.69, 9.17) is 4.42 Å². The Morgan fingerprint density at radius 1 is 1.42 bits per heavy atom. The van der Waals surface area contributed by atoms with Crippen LogP contribution < -0.4 is 0 Å². The van der Waals surface area contributed by atoms with Crippen molar-refractivity contribution in [3.05, 3.63) is 42.4 Å². The summed E-state index contributed by atoms with van der Waals surface area (Å²) in [6.45, 7) is 0. The Kier molecular flexibility index (Phi) is 1.78. The lowest BCUT2D eigenvalue weighted by Gasteiger charge is -1.81. The number of aromatic nitrogens is 2. The summed E-state index contributed by atoms with van der Waals surface area (Å²) in [6, 6.07) is 1.90. The van der Waals surface area contributed by atoms with Gasteiger partial charge in [-0.2, -0.15) is 0 Å². The lowest BCUT2D eigenvalue weighted by atomic mass is 10.3. The van der Waals surface area contributed by atoms with E-state index in [-0.39, 0.29) is 0 Å². The standard InChI is InChI=1S/C9H8N2O/c1(8-3-4-12-6-8)2-9-5-10-7-11-9/h1-7H,(H,10,11)/b2-1+. The molecule has 0 unspecified atom stereocenters. The Morgan fingerprint density at radius 2 is 2.42 bits per heavy atom. The fourth-order valence-corrected chi connectivity index (χ4v) is 0.914. The van der Waals surface area contributed by atoms with Gasteiger partial charge in [-0.15, -0.1) is 0 Å². The van der Waals surface area contributed by atoms with Crippen molar-refractivity contribution in [1.82, 2.24) is 9.97 Å². The fraction of sp³-hybridized carbons (Fsp3) is 0. The largest absolute Gasteiger partial charge is 0.472 e. The molecule has 0 fully saturated rings. The molecule has 0 bridgehead atoms. The molecule has 0 aromatic carbocycles. The quantitative estimate of drug-likeness (QED) is 0.731. The molecule has 2 heterocycles. The van der Waals surface area contributed by atoms with Crippen LogP contribution in [0.1, 0.15) is 11.3 Å². The molecule has 0 spiro atoms. The number of aromatic amines is 1. The van der Waals surface area contributed by atoms with Crippen LogP contribution in [0.2, 0.25) is 0 Å². The molecule has 0 aliphatic heterocycles. The van der Waals surface area contributed by atoms with E-state index in [0.29, 0.717) is 0 Å². The van der Waals surface area contributed by atoms with Crippen LogP contribution >= 0.6 is 0 Å². The zero-order chi connectivity index (χ0) is 8.23. The average Bonchev–Trinajstić information content (AvgIpc) is 2.74. The SMILES string of the molecule is C(=C\c1cnc[nH]1)/c1ccoc1. The summed E-state index contributed by atoms with van der Waals surface area (Å²) in [5.41, 5.74) is 2.03. The van der Waals surface area contributed by atoms with Gasteiger partial charge in [-0.1, -0.05) is 0 Å². The molecule has 2 rings (SSSR count). The highest BCUT2D eigenvalue weighted by Crippen LogP contribution is 2.05. The van der Waals surface area contributed by atoms with Crippen molar-refractivity contribution in [2.45, 2.75) is 0 Å². The van der Waals surface area contributed by atoms with Crippen molar-refractivity contribution in [2.75, 3.05) is 0 Å². The van der Waals surface area contributed by atoms with Gasteiger partial charge in [-0.3, -0.25) is 0 Å². The predicted molar refractivity (Wildman–Crippen MR) is 46.2 cm³/mol. The van der Waals surface area contributed by atoms with Crippen LogP contribution in [0.25, 0.3) is 12.2 Å². The first-order chi connectivity index (χ1) is 5.95. The van der Waals surface area contributed by atoms with Crippen LogP contribution in [0.5, 0.6) is 0 Å². The minimum absolute atomic E-state index is 0.983. The Balaban J connectivity index is 2.14. The van der Waals surface area contributed by atoms with Gasteiger partial charge in [0.05, 0.1) is 30.7 Å². The molecule has 0 radical (unpaired) electrons. The van der Waals surface area contributed by atoms with E-state index in [0.717, 1.165) is 11.3 Å². The smallest absolute Gasteiger partial charge is 0.0974 e. The molecule has 1 N–H and O–H groups in total. The van der Waals surface area contributed by atoms with E-state index in [1.165, 1.54) is 0 Å². The summed E-state index contributed by atoms with van der Waals surface area (Å²) in [7, 11) is 0. The monoisotopic (exact) mass is 160 g/mol. The fourth-order valence-electron chi connectivity index (χ4n) is 0.914. The van der Waals surface area contributed by atoms with Crippen LogP contribution in [0.15, 0.2) is 35.5 Å². The third-order valence-electron chi connectivity index (χ3n) is 1.52. The topological polar surface area (TPSA) is 41.8 Å². The summed E-state index contributed by atoms with van der Waals surface area (Å²) in [5.74, 6) is 0. The van der Waals surface area contributed by atoms with E-state index < -0.39 is 0 Å². The lowest BCUT2D eigenvalue weighted by Crippen LogP contribution is -1.66. The second-order valence-electron chi connectivity index (χ2n) is 2.40. The van der Waals surface area contributed by atoms with Gasteiger partial charge >= 0.3 is 0 Å². The average molecular weight is 160 g/mol. The van der Waals surface area contributed by atoms with Gasteiger partial charge in [-0.25, -0.2) is 4.98 Å². The normalized spacial score (nSPS) is 11.0. The van der Waals surface area contributed by atoms with Crippen LogP contribution in [0.3, 0.4) is 0 Å². The number of furan rings is 1. The summed E-state index contributed by atoms with van der Waals surface area (Å²) in [5, 5.41) is 0. The van der Waals surface area contributed by atoms with Crippen molar-refractivity contribution >= 4 is 12.2 Å². The Morgan fingerprint density at radius 3 is 3.08 bits per heavy atom.